The van der Waals surface area contributed by atoms with Crippen LogP contribution in [-0.2, 0) is 9.53 Å². The van der Waals surface area contributed by atoms with E-state index in [-0.39, 0.29) is 11.4 Å². The van der Waals surface area contributed by atoms with Gasteiger partial charge in [0.25, 0.3) is 0 Å². The summed E-state index contributed by atoms with van der Waals surface area (Å²) in [4.78, 5) is 11.9. The van der Waals surface area contributed by atoms with E-state index in [1.54, 1.807) is 0 Å². The van der Waals surface area contributed by atoms with Gasteiger partial charge in [-0.25, -0.2) is 0 Å². The summed E-state index contributed by atoms with van der Waals surface area (Å²) in [5.74, 6) is 0.628. The molecule has 1 N–H and O–H groups in total. The Kier molecular flexibility index (Phi) is 8.23. The summed E-state index contributed by atoms with van der Waals surface area (Å²) in [6.07, 6.45) is 3.49. The summed E-state index contributed by atoms with van der Waals surface area (Å²) in [6, 6.07) is 0. The Morgan fingerprint density at radius 3 is 2.47 bits per heavy atom. The van der Waals surface area contributed by atoms with Crippen LogP contribution in [-0.4, -0.2) is 24.7 Å². The Bertz CT molecular complexity index is 218. The second-order valence-corrected chi connectivity index (χ2v) is 5.13. The van der Waals surface area contributed by atoms with E-state index in [4.69, 9.17) is 4.74 Å². The second kappa shape index (κ2) is 8.51. The number of hydrogen-bond donors (Lipinski definition) is 1. The van der Waals surface area contributed by atoms with Gasteiger partial charge in [-0.1, -0.05) is 27.2 Å². The molecule has 0 aliphatic heterocycles. The highest BCUT2D eigenvalue weighted by Crippen LogP contribution is 2.16. The summed E-state index contributed by atoms with van der Waals surface area (Å²) in [5, 5.41) is 3.15. The molecule has 1 amide bonds. The molecule has 0 aliphatic rings. The molecule has 0 fully saturated rings. The molecule has 0 rings (SSSR count). The van der Waals surface area contributed by atoms with Crippen LogP contribution < -0.4 is 5.32 Å². The maximum absolute atomic E-state index is 11.9. The van der Waals surface area contributed by atoms with Crippen LogP contribution in [0.5, 0.6) is 0 Å². The molecule has 0 saturated heterocycles. The van der Waals surface area contributed by atoms with Gasteiger partial charge < -0.3 is 10.1 Å². The molecule has 17 heavy (non-hydrogen) atoms. The molecule has 0 aromatic carbocycles. The van der Waals surface area contributed by atoms with Crippen molar-refractivity contribution in [3.8, 4) is 0 Å². The predicted molar refractivity (Wildman–Crippen MR) is 72.0 cm³/mol. The molecule has 2 unspecified atom stereocenters. The highest BCUT2D eigenvalue weighted by molar-refractivity contribution is 5.76. The smallest absolute Gasteiger partial charge is 0.220 e. The van der Waals surface area contributed by atoms with Gasteiger partial charge in [0, 0.05) is 25.2 Å². The molecule has 0 heterocycles. The van der Waals surface area contributed by atoms with Crippen LogP contribution in [0.15, 0.2) is 0 Å². The van der Waals surface area contributed by atoms with Crippen molar-refractivity contribution in [3.63, 3.8) is 0 Å². The zero-order valence-electron chi connectivity index (χ0n) is 12.1. The molecule has 0 saturated carbocycles. The van der Waals surface area contributed by atoms with Crippen LogP contribution >= 0.6 is 0 Å². The Labute approximate surface area is 106 Å². The van der Waals surface area contributed by atoms with Gasteiger partial charge in [0.05, 0.1) is 0 Å². The minimum absolute atomic E-state index is 0.125. The van der Waals surface area contributed by atoms with Crippen LogP contribution in [0.25, 0.3) is 0 Å². The minimum Gasteiger partial charge on any atom is -0.382 e. The third-order valence-corrected chi connectivity index (χ3v) is 3.45. The van der Waals surface area contributed by atoms with E-state index in [0.29, 0.717) is 18.9 Å². The van der Waals surface area contributed by atoms with Gasteiger partial charge in [-0.05, 0) is 32.6 Å². The summed E-state index contributed by atoms with van der Waals surface area (Å²) in [7, 11) is 0. The van der Waals surface area contributed by atoms with Gasteiger partial charge in [-0.2, -0.15) is 0 Å². The average Bonchev–Trinajstić information content (AvgIpc) is 2.29. The topological polar surface area (TPSA) is 38.3 Å². The van der Waals surface area contributed by atoms with Gasteiger partial charge in [0.2, 0.25) is 5.91 Å². The zero-order valence-corrected chi connectivity index (χ0v) is 12.1. The van der Waals surface area contributed by atoms with Crippen LogP contribution in [0.2, 0.25) is 0 Å². The number of rotatable bonds is 9. The van der Waals surface area contributed by atoms with Gasteiger partial charge in [-0.15, -0.1) is 0 Å². The fourth-order valence-corrected chi connectivity index (χ4v) is 1.62. The van der Waals surface area contributed by atoms with Crippen molar-refractivity contribution in [3.05, 3.63) is 0 Å². The SMILES string of the molecule is CCOCCC(C)(CC)NC(=O)CC(C)CC. The molecule has 3 nitrogen and oxygen atoms in total. The molecule has 0 aromatic heterocycles. The maximum atomic E-state index is 11.9. The van der Waals surface area contributed by atoms with Gasteiger partial charge in [0.1, 0.15) is 0 Å². The lowest BCUT2D eigenvalue weighted by molar-refractivity contribution is -0.124. The predicted octanol–water partition coefficient (Wildman–Crippen LogP) is 3.13. The minimum atomic E-state index is -0.125. The van der Waals surface area contributed by atoms with E-state index >= 15 is 0 Å². The molecule has 0 spiro atoms. The van der Waals surface area contributed by atoms with Crippen LogP contribution in [0.3, 0.4) is 0 Å². The fraction of sp³-hybridized carbons (Fsp3) is 0.929. The highest BCUT2D eigenvalue weighted by Gasteiger charge is 2.24. The number of ether oxygens (including phenoxy) is 1. The summed E-state index contributed by atoms with van der Waals surface area (Å²) < 4.78 is 5.36. The van der Waals surface area contributed by atoms with E-state index in [9.17, 15) is 4.79 Å². The second-order valence-electron chi connectivity index (χ2n) is 5.13. The van der Waals surface area contributed by atoms with E-state index in [2.05, 4.69) is 33.0 Å². The fourth-order valence-electron chi connectivity index (χ4n) is 1.62. The number of hydrogen-bond acceptors (Lipinski definition) is 2. The van der Waals surface area contributed by atoms with Crippen molar-refractivity contribution in [2.75, 3.05) is 13.2 Å². The molecule has 2 atom stereocenters. The van der Waals surface area contributed by atoms with Crippen molar-refractivity contribution in [1.29, 1.82) is 0 Å². The number of nitrogens with one attached hydrogen (secondary N) is 1. The Balaban J connectivity index is 4.12. The molecule has 102 valence electrons. The standard InChI is InChI=1S/C14H29NO2/c1-6-12(4)11-13(16)15-14(5,7-2)9-10-17-8-3/h12H,6-11H2,1-5H3,(H,15,16). The number of carbonyl (C=O) groups is 1. The Morgan fingerprint density at radius 2 is 2.00 bits per heavy atom. The molecule has 0 aromatic rings. The lowest BCUT2D eigenvalue weighted by Gasteiger charge is -2.30. The third-order valence-electron chi connectivity index (χ3n) is 3.45. The van der Waals surface area contributed by atoms with Crippen LogP contribution in [0.1, 0.15) is 60.3 Å². The van der Waals surface area contributed by atoms with Crippen LogP contribution in [0.4, 0.5) is 0 Å². The van der Waals surface area contributed by atoms with Gasteiger partial charge in [0.15, 0.2) is 0 Å². The van der Waals surface area contributed by atoms with Crippen molar-refractivity contribution >= 4 is 5.91 Å². The molecular weight excluding hydrogens is 214 g/mol. The summed E-state index contributed by atoms with van der Waals surface area (Å²) in [6.45, 7) is 11.9. The van der Waals surface area contributed by atoms with E-state index in [1.165, 1.54) is 0 Å². The first-order valence-corrected chi connectivity index (χ1v) is 6.86. The van der Waals surface area contributed by atoms with E-state index in [0.717, 1.165) is 25.9 Å². The highest BCUT2D eigenvalue weighted by atomic mass is 16.5. The Hall–Kier alpha value is -0.570. The molecule has 0 bridgehead atoms. The lowest BCUT2D eigenvalue weighted by Crippen LogP contribution is -2.46. The summed E-state index contributed by atoms with van der Waals surface area (Å²) in [5.41, 5.74) is -0.125. The largest absolute Gasteiger partial charge is 0.382 e. The zero-order chi connectivity index (χ0) is 13.3. The van der Waals surface area contributed by atoms with Crippen molar-refractivity contribution < 1.29 is 9.53 Å². The first-order chi connectivity index (χ1) is 7.97. The number of carbonyl (C=O) groups excluding carboxylic acids is 1. The Morgan fingerprint density at radius 1 is 1.35 bits per heavy atom. The van der Waals surface area contributed by atoms with Gasteiger partial charge >= 0.3 is 0 Å². The monoisotopic (exact) mass is 243 g/mol. The lowest BCUT2D eigenvalue weighted by atomic mass is 9.94. The molecule has 3 heteroatoms. The summed E-state index contributed by atoms with van der Waals surface area (Å²) >= 11 is 0. The van der Waals surface area contributed by atoms with E-state index < -0.39 is 0 Å². The third kappa shape index (κ3) is 7.37. The van der Waals surface area contributed by atoms with Crippen molar-refractivity contribution in [2.24, 2.45) is 5.92 Å². The average molecular weight is 243 g/mol. The van der Waals surface area contributed by atoms with Crippen molar-refractivity contribution in [2.45, 2.75) is 65.8 Å². The molecule has 0 aliphatic carbocycles. The first-order valence-electron chi connectivity index (χ1n) is 6.86. The first kappa shape index (κ1) is 16.4. The molecule has 0 radical (unpaired) electrons. The number of amides is 1. The normalized spacial score (nSPS) is 16.3. The van der Waals surface area contributed by atoms with Gasteiger partial charge in [-0.3, -0.25) is 4.79 Å². The molecular formula is C14H29NO2. The quantitative estimate of drug-likeness (QED) is 0.632. The van der Waals surface area contributed by atoms with Crippen LogP contribution in [0, 0.1) is 5.92 Å². The maximum Gasteiger partial charge on any atom is 0.220 e. The van der Waals surface area contributed by atoms with Crippen molar-refractivity contribution in [1.82, 2.24) is 5.32 Å². The van der Waals surface area contributed by atoms with E-state index in [1.807, 2.05) is 6.92 Å².